The van der Waals surface area contributed by atoms with Crippen molar-refractivity contribution < 1.29 is 19.8 Å². The van der Waals surface area contributed by atoms with Gasteiger partial charge in [0.25, 0.3) is 0 Å². The standard InChI is InChI=1S/C48H52N2O4/c51-43-27-23-41(24-28-43)47(37-9-3-1-4-10-37)39-19-13-35(14-20-39)17-31-45(53)49-33-7-8-34-50-46(54)32-18-36-15-21-40(22-16-36)48(38-11-5-2-6-12-38)42-25-29-44(52)30-26-42/h13-32,51-52H,1-12,33-34H2,(H,49,53)(H,50,54)/b31-17+,32-18+. The molecule has 2 amide bonds. The Morgan fingerprint density at radius 1 is 0.463 bits per heavy atom. The first kappa shape index (κ1) is 38.1. The van der Waals surface area contributed by atoms with Crippen molar-refractivity contribution in [1.29, 1.82) is 0 Å². The topological polar surface area (TPSA) is 98.7 Å². The molecule has 2 fully saturated rings. The van der Waals surface area contributed by atoms with Gasteiger partial charge in [0.05, 0.1) is 0 Å². The van der Waals surface area contributed by atoms with E-state index in [2.05, 4.69) is 34.9 Å². The average Bonchev–Trinajstić information content (AvgIpc) is 3.21. The Bertz CT molecular complexity index is 1820. The number of aromatic hydroxyl groups is 2. The van der Waals surface area contributed by atoms with Gasteiger partial charge in [0.15, 0.2) is 0 Å². The smallest absolute Gasteiger partial charge is 0.243 e. The van der Waals surface area contributed by atoms with Crippen molar-refractivity contribution in [2.24, 2.45) is 0 Å². The number of unbranched alkanes of at least 4 members (excludes halogenated alkanes) is 1. The van der Waals surface area contributed by atoms with Crippen LogP contribution in [0, 0.1) is 0 Å². The Labute approximate surface area is 320 Å². The molecule has 0 aliphatic heterocycles. The third-order valence-corrected chi connectivity index (χ3v) is 10.4. The normalized spacial score (nSPS) is 14.7. The fourth-order valence-electron chi connectivity index (χ4n) is 7.52. The van der Waals surface area contributed by atoms with Crippen molar-refractivity contribution in [2.45, 2.75) is 77.0 Å². The van der Waals surface area contributed by atoms with Crippen molar-refractivity contribution in [3.63, 3.8) is 0 Å². The van der Waals surface area contributed by atoms with Crippen molar-refractivity contribution in [1.82, 2.24) is 10.6 Å². The molecule has 2 aliphatic rings. The number of benzene rings is 4. The van der Waals surface area contributed by atoms with Crippen LogP contribution >= 0.6 is 0 Å². The largest absolute Gasteiger partial charge is 0.508 e. The second-order valence-corrected chi connectivity index (χ2v) is 14.4. The molecule has 278 valence electrons. The Hall–Kier alpha value is -5.62. The third kappa shape index (κ3) is 11.0. The van der Waals surface area contributed by atoms with Crippen LogP contribution in [0.15, 0.2) is 120 Å². The summed E-state index contributed by atoms with van der Waals surface area (Å²) in [7, 11) is 0. The van der Waals surface area contributed by atoms with Gasteiger partial charge in [-0.25, -0.2) is 0 Å². The molecule has 6 nitrogen and oxygen atoms in total. The van der Waals surface area contributed by atoms with Gasteiger partial charge in [0, 0.05) is 25.2 Å². The molecule has 0 spiro atoms. The number of phenolic OH excluding ortho intramolecular Hbond substituents is 2. The summed E-state index contributed by atoms with van der Waals surface area (Å²) in [6.45, 7) is 1.07. The molecular formula is C48H52N2O4. The number of carbonyl (C=O) groups excluding carboxylic acids is 2. The maximum Gasteiger partial charge on any atom is 0.243 e. The van der Waals surface area contributed by atoms with Crippen LogP contribution in [0.2, 0.25) is 0 Å². The highest BCUT2D eigenvalue weighted by Gasteiger charge is 2.16. The van der Waals surface area contributed by atoms with E-state index in [-0.39, 0.29) is 23.3 Å². The molecule has 4 N–H and O–H groups in total. The van der Waals surface area contributed by atoms with Gasteiger partial charge in [-0.05, 0) is 145 Å². The van der Waals surface area contributed by atoms with Gasteiger partial charge in [-0.3, -0.25) is 9.59 Å². The van der Waals surface area contributed by atoms with Crippen LogP contribution in [0.1, 0.15) is 110 Å². The van der Waals surface area contributed by atoms with Crippen LogP contribution in [0.3, 0.4) is 0 Å². The number of hydrogen-bond acceptors (Lipinski definition) is 4. The van der Waals surface area contributed by atoms with E-state index in [1.54, 1.807) is 36.4 Å². The van der Waals surface area contributed by atoms with Gasteiger partial charge < -0.3 is 20.8 Å². The zero-order valence-corrected chi connectivity index (χ0v) is 31.2. The molecule has 0 unspecified atom stereocenters. The number of carbonyl (C=O) groups is 2. The van der Waals surface area contributed by atoms with Gasteiger partial charge in [-0.2, -0.15) is 0 Å². The predicted octanol–water partition coefficient (Wildman–Crippen LogP) is 10.4. The monoisotopic (exact) mass is 720 g/mol. The van der Waals surface area contributed by atoms with Crippen LogP contribution in [0.5, 0.6) is 11.5 Å². The first-order chi connectivity index (χ1) is 26.4. The van der Waals surface area contributed by atoms with Crippen molar-refractivity contribution >= 4 is 35.1 Å². The fraction of sp³-hybridized carbons (Fsp3) is 0.292. The molecule has 0 atom stereocenters. The van der Waals surface area contributed by atoms with Crippen LogP contribution < -0.4 is 10.6 Å². The number of amides is 2. The van der Waals surface area contributed by atoms with E-state index < -0.39 is 0 Å². The molecule has 54 heavy (non-hydrogen) atoms. The zero-order valence-electron chi connectivity index (χ0n) is 31.2. The van der Waals surface area contributed by atoms with Crippen LogP contribution in [-0.2, 0) is 9.59 Å². The van der Waals surface area contributed by atoms with E-state index >= 15 is 0 Å². The van der Waals surface area contributed by atoms with Crippen LogP contribution in [-0.4, -0.2) is 35.1 Å². The van der Waals surface area contributed by atoms with Crippen molar-refractivity contribution in [2.75, 3.05) is 13.1 Å². The van der Waals surface area contributed by atoms with Gasteiger partial charge in [-0.15, -0.1) is 0 Å². The number of rotatable bonds is 13. The highest BCUT2D eigenvalue weighted by Crippen LogP contribution is 2.37. The summed E-state index contributed by atoms with van der Waals surface area (Å²) < 4.78 is 0. The lowest BCUT2D eigenvalue weighted by Gasteiger charge is -2.20. The lowest BCUT2D eigenvalue weighted by molar-refractivity contribution is -0.117. The molecular weight excluding hydrogens is 669 g/mol. The molecule has 4 aromatic rings. The van der Waals surface area contributed by atoms with Crippen molar-refractivity contribution in [3.05, 3.63) is 154 Å². The van der Waals surface area contributed by atoms with E-state index in [1.807, 2.05) is 60.7 Å². The van der Waals surface area contributed by atoms with E-state index in [0.717, 1.165) is 71.9 Å². The fourth-order valence-corrected chi connectivity index (χ4v) is 7.52. The van der Waals surface area contributed by atoms with Crippen molar-refractivity contribution in [3.8, 4) is 11.5 Å². The minimum Gasteiger partial charge on any atom is -0.508 e. The molecule has 6 heteroatoms. The summed E-state index contributed by atoms with van der Waals surface area (Å²) in [6, 6.07) is 31.6. The number of nitrogens with one attached hydrogen (secondary N) is 2. The SMILES string of the molecule is O=C(/C=C/c1ccc(C(=C2CCCCC2)c2ccc(O)cc2)cc1)NCCCCNC(=O)/C=C/c1ccc(C(=C2CCCCC2)c2ccc(O)cc2)cc1. The summed E-state index contributed by atoms with van der Waals surface area (Å²) >= 11 is 0. The Kier molecular flexibility index (Phi) is 13.7. The number of phenols is 2. The highest BCUT2D eigenvalue weighted by atomic mass is 16.3. The lowest BCUT2D eigenvalue weighted by atomic mass is 9.85. The average molecular weight is 721 g/mol. The maximum absolute atomic E-state index is 12.5. The molecule has 0 aromatic heterocycles. The first-order valence-corrected chi connectivity index (χ1v) is 19.6. The van der Waals surface area contributed by atoms with Gasteiger partial charge in [0.2, 0.25) is 11.8 Å². The lowest BCUT2D eigenvalue weighted by Crippen LogP contribution is -2.25. The summed E-state index contributed by atoms with van der Waals surface area (Å²) in [5, 5.41) is 25.5. The highest BCUT2D eigenvalue weighted by molar-refractivity contribution is 5.92. The maximum atomic E-state index is 12.5. The molecule has 0 bridgehead atoms. The van der Waals surface area contributed by atoms with E-state index in [0.29, 0.717) is 13.1 Å². The van der Waals surface area contributed by atoms with Crippen LogP contribution in [0.4, 0.5) is 0 Å². The second-order valence-electron chi connectivity index (χ2n) is 14.4. The molecule has 2 aliphatic carbocycles. The summed E-state index contributed by atoms with van der Waals surface area (Å²) in [5.41, 5.74) is 11.9. The number of allylic oxidation sites excluding steroid dienone is 2. The van der Waals surface area contributed by atoms with Crippen LogP contribution in [0.25, 0.3) is 23.3 Å². The van der Waals surface area contributed by atoms with Gasteiger partial charge >= 0.3 is 0 Å². The Morgan fingerprint density at radius 3 is 1.11 bits per heavy atom. The zero-order chi connectivity index (χ0) is 37.5. The quantitative estimate of drug-likeness (QED) is 0.0816. The Morgan fingerprint density at radius 2 is 0.778 bits per heavy atom. The molecule has 0 radical (unpaired) electrons. The first-order valence-electron chi connectivity index (χ1n) is 19.6. The van der Waals surface area contributed by atoms with E-state index in [4.69, 9.17) is 0 Å². The summed E-state index contributed by atoms with van der Waals surface area (Å²) in [6.07, 6.45) is 20.1. The summed E-state index contributed by atoms with van der Waals surface area (Å²) in [4.78, 5) is 25.0. The molecule has 0 saturated heterocycles. The van der Waals surface area contributed by atoms with Gasteiger partial charge in [-0.1, -0.05) is 96.8 Å². The number of hydrogen-bond donors (Lipinski definition) is 4. The van der Waals surface area contributed by atoms with E-state index in [1.165, 1.54) is 60.8 Å². The molecule has 2 saturated carbocycles. The summed E-state index contributed by atoms with van der Waals surface area (Å²) in [5.74, 6) is 0.251. The van der Waals surface area contributed by atoms with Gasteiger partial charge in [0.1, 0.15) is 11.5 Å². The molecule has 4 aromatic carbocycles. The Balaban J connectivity index is 0.922. The molecule has 6 rings (SSSR count). The minimum absolute atomic E-state index is 0.142. The van der Waals surface area contributed by atoms with E-state index in [9.17, 15) is 19.8 Å². The second kappa shape index (κ2) is 19.5. The minimum atomic E-state index is -0.142. The predicted molar refractivity (Wildman–Crippen MR) is 221 cm³/mol. The third-order valence-electron chi connectivity index (χ3n) is 10.4. The molecule has 0 heterocycles.